The summed E-state index contributed by atoms with van der Waals surface area (Å²) in [6.45, 7) is 7.27. The second-order valence-electron chi connectivity index (χ2n) is 3.91. The van der Waals surface area contributed by atoms with E-state index in [1.165, 1.54) is 0 Å². The first kappa shape index (κ1) is 11.2. The van der Waals surface area contributed by atoms with E-state index in [1.54, 1.807) is 0 Å². The molecule has 1 aliphatic heterocycles. The number of carbonyl (C=O) groups is 1. The molecule has 0 radical (unpaired) electrons. The lowest BCUT2D eigenvalue weighted by Crippen LogP contribution is -2.38. The molecule has 1 aliphatic rings. The first-order chi connectivity index (χ1) is 6.53. The third-order valence-electron chi connectivity index (χ3n) is 2.44. The molecule has 80 valence electrons. The minimum atomic E-state index is -0.949. The highest BCUT2D eigenvalue weighted by molar-refractivity contribution is 5.86. The van der Waals surface area contributed by atoms with Gasteiger partial charge in [0.05, 0.1) is 5.60 Å². The van der Waals surface area contributed by atoms with Gasteiger partial charge in [0.1, 0.15) is 0 Å². The van der Waals surface area contributed by atoms with Gasteiger partial charge in [0.2, 0.25) is 0 Å². The lowest BCUT2D eigenvalue weighted by Gasteiger charge is -2.23. The number of rotatable bonds is 5. The van der Waals surface area contributed by atoms with Gasteiger partial charge in [-0.25, -0.2) is 4.79 Å². The van der Waals surface area contributed by atoms with Crippen molar-refractivity contribution in [3.05, 3.63) is 12.2 Å². The van der Waals surface area contributed by atoms with Crippen LogP contribution in [0.2, 0.25) is 0 Å². The lowest BCUT2D eigenvalue weighted by molar-refractivity contribution is -0.132. The van der Waals surface area contributed by atoms with Gasteiger partial charge < -0.3 is 15.2 Å². The van der Waals surface area contributed by atoms with Crippen molar-refractivity contribution in [2.75, 3.05) is 19.7 Å². The number of hydrogen-bond acceptors (Lipinski definition) is 3. The number of hydrogen-bond donors (Lipinski definition) is 2. The van der Waals surface area contributed by atoms with Crippen molar-refractivity contribution in [3.63, 3.8) is 0 Å². The minimum absolute atomic E-state index is 0.126. The molecule has 1 rings (SSSR count). The summed E-state index contributed by atoms with van der Waals surface area (Å²) in [4.78, 5) is 10.4. The van der Waals surface area contributed by atoms with Gasteiger partial charge in [-0.1, -0.05) is 6.58 Å². The summed E-state index contributed by atoms with van der Waals surface area (Å²) in [7, 11) is 0. The largest absolute Gasteiger partial charge is 0.478 e. The van der Waals surface area contributed by atoms with Crippen LogP contribution in [0.25, 0.3) is 0 Å². The van der Waals surface area contributed by atoms with E-state index in [-0.39, 0.29) is 11.2 Å². The van der Waals surface area contributed by atoms with Crippen LogP contribution >= 0.6 is 0 Å². The van der Waals surface area contributed by atoms with Gasteiger partial charge in [0.25, 0.3) is 0 Å². The average Bonchev–Trinajstić information content (AvgIpc) is 2.52. The molecular weight excluding hydrogens is 182 g/mol. The summed E-state index contributed by atoms with van der Waals surface area (Å²) in [6.07, 6.45) is 2.11. The van der Waals surface area contributed by atoms with Crippen molar-refractivity contribution < 1.29 is 14.6 Å². The second kappa shape index (κ2) is 4.57. The lowest BCUT2D eigenvalue weighted by atomic mass is 10.0. The van der Waals surface area contributed by atoms with E-state index in [4.69, 9.17) is 9.84 Å². The van der Waals surface area contributed by atoms with Crippen molar-refractivity contribution in [1.82, 2.24) is 5.32 Å². The third-order valence-corrected chi connectivity index (χ3v) is 2.44. The Kier molecular flexibility index (Phi) is 3.66. The van der Waals surface area contributed by atoms with E-state index in [0.29, 0.717) is 13.1 Å². The van der Waals surface area contributed by atoms with Gasteiger partial charge in [-0.05, 0) is 19.8 Å². The summed E-state index contributed by atoms with van der Waals surface area (Å²) in [5.41, 5.74) is 0.0605. The van der Waals surface area contributed by atoms with Gasteiger partial charge in [-0.15, -0.1) is 0 Å². The molecule has 2 N–H and O–H groups in total. The smallest absolute Gasteiger partial charge is 0.332 e. The quantitative estimate of drug-likeness (QED) is 0.643. The van der Waals surface area contributed by atoms with Gasteiger partial charge in [0, 0.05) is 25.3 Å². The van der Waals surface area contributed by atoms with Crippen LogP contribution in [0.1, 0.15) is 19.8 Å². The Labute approximate surface area is 83.9 Å². The van der Waals surface area contributed by atoms with Crippen molar-refractivity contribution in [2.24, 2.45) is 0 Å². The topological polar surface area (TPSA) is 58.6 Å². The SMILES string of the molecule is C=C(CNCC1(C)CCCO1)C(=O)O. The van der Waals surface area contributed by atoms with Crippen molar-refractivity contribution in [1.29, 1.82) is 0 Å². The highest BCUT2D eigenvalue weighted by Crippen LogP contribution is 2.23. The maximum atomic E-state index is 10.4. The molecule has 0 saturated carbocycles. The van der Waals surface area contributed by atoms with Crippen LogP contribution in [-0.2, 0) is 9.53 Å². The fourth-order valence-electron chi connectivity index (χ4n) is 1.53. The van der Waals surface area contributed by atoms with E-state index in [2.05, 4.69) is 11.9 Å². The van der Waals surface area contributed by atoms with Crippen LogP contribution in [-0.4, -0.2) is 36.4 Å². The molecule has 1 atom stereocenters. The molecule has 1 saturated heterocycles. The molecule has 1 unspecified atom stereocenters. The number of carboxylic acid groups (broad SMARTS) is 1. The Morgan fingerprint density at radius 3 is 2.93 bits per heavy atom. The molecule has 4 heteroatoms. The van der Waals surface area contributed by atoms with Gasteiger partial charge in [0.15, 0.2) is 0 Å². The molecule has 0 amide bonds. The molecule has 1 heterocycles. The molecule has 4 nitrogen and oxygen atoms in total. The van der Waals surface area contributed by atoms with Gasteiger partial charge in [-0.2, -0.15) is 0 Å². The first-order valence-electron chi connectivity index (χ1n) is 4.79. The predicted octanol–water partition coefficient (Wildman–Crippen LogP) is 0.786. The highest BCUT2D eigenvalue weighted by atomic mass is 16.5. The minimum Gasteiger partial charge on any atom is -0.478 e. The maximum Gasteiger partial charge on any atom is 0.332 e. The van der Waals surface area contributed by atoms with E-state index >= 15 is 0 Å². The summed E-state index contributed by atoms with van der Waals surface area (Å²) in [6, 6.07) is 0. The number of ether oxygens (including phenoxy) is 1. The zero-order valence-electron chi connectivity index (χ0n) is 8.51. The Bertz CT molecular complexity index is 232. The normalized spacial score (nSPS) is 26.4. The van der Waals surface area contributed by atoms with Crippen LogP contribution in [0.4, 0.5) is 0 Å². The molecule has 0 aromatic carbocycles. The molecule has 0 aromatic heterocycles. The molecule has 0 aromatic rings. The maximum absolute atomic E-state index is 10.4. The van der Waals surface area contributed by atoms with Crippen molar-refractivity contribution in [2.45, 2.75) is 25.4 Å². The van der Waals surface area contributed by atoms with Crippen LogP contribution in [0.5, 0.6) is 0 Å². The average molecular weight is 199 g/mol. The highest BCUT2D eigenvalue weighted by Gasteiger charge is 2.29. The Hall–Kier alpha value is -0.870. The standard InChI is InChI=1S/C10H17NO3/c1-8(9(12)13)6-11-7-10(2)4-3-5-14-10/h11H,1,3-7H2,2H3,(H,12,13). The van der Waals surface area contributed by atoms with Crippen LogP contribution in [0, 0.1) is 0 Å². The zero-order chi connectivity index (χ0) is 10.6. The van der Waals surface area contributed by atoms with Gasteiger partial charge in [-0.3, -0.25) is 0 Å². The Morgan fingerprint density at radius 1 is 1.71 bits per heavy atom. The summed E-state index contributed by atoms with van der Waals surface area (Å²) in [5, 5.41) is 11.6. The molecular formula is C10H17NO3. The summed E-state index contributed by atoms with van der Waals surface area (Å²) >= 11 is 0. The fraction of sp³-hybridized carbons (Fsp3) is 0.700. The monoisotopic (exact) mass is 199 g/mol. The van der Waals surface area contributed by atoms with E-state index < -0.39 is 5.97 Å². The zero-order valence-corrected chi connectivity index (χ0v) is 8.51. The van der Waals surface area contributed by atoms with Crippen molar-refractivity contribution >= 4 is 5.97 Å². The van der Waals surface area contributed by atoms with E-state index in [1.807, 2.05) is 6.92 Å². The van der Waals surface area contributed by atoms with Crippen LogP contribution in [0.15, 0.2) is 12.2 Å². The first-order valence-corrected chi connectivity index (χ1v) is 4.79. The Balaban J connectivity index is 2.20. The van der Waals surface area contributed by atoms with Crippen LogP contribution in [0.3, 0.4) is 0 Å². The number of nitrogens with one attached hydrogen (secondary N) is 1. The fourth-order valence-corrected chi connectivity index (χ4v) is 1.53. The summed E-state index contributed by atoms with van der Waals surface area (Å²) < 4.78 is 5.54. The summed E-state index contributed by atoms with van der Waals surface area (Å²) in [5.74, 6) is -0.949. The molecule has 1 fully saturated rings. The molecule has 0 spiro atoms. The number of carboxylic acids is 1. The van der Waals surface area contributed by atoms with E-state index in [9.17, 15) is 4.79 Å². The van der Waals surface area contributed by atoms with E-state index in [0.717, 1.165) is 19.4 Å². The van der Waals surface area contributed by atoms with Crippen molar-refractivity contribution in [3.8, 4) is 0 Å². The third kappa shape index (κ3) is 3.12. The number of aliphatic carboxylic acids is 1. The molecule has 0 aliphatic carbocycles. The molecule has 14 heavy (non-hydrogen) atoms. The van der Waals surface area contributed by atoms with Gasteiger partial charge >= 0.3 is 5.97 Å². The predicted molar refractivity (Wildman–Crippen MR) is 53.2 cm³/mol. The molecule has 0 bridgehead atoms. The van der Waals surface area contributed by atoms with Crippen LogP contribution < -0.4 is 5.32 Å². The second-order valence-corrected chi connectivity index (χ2v) is 3.91. The Morgan fingerprint density at radius 2 is 2.43 bits per heavy atom.